The minimum atomic E-state index is -0.305. The van der Waals surface area contributed by atoms with Gasteiger partial charge in [-0.25, -0.2) is 0 Å². The molecule has 0 spiro atoms. The number of rotatable bonds is 5. The van der Waals surface area contributed by atoms with Gasteiger partial charge in [0, 0.05) is 13.1 Å². The highest BCUT2D eigenvalue weighted by Crippen LogP contribution is 2.22. The summed E-state index contributed by atoms with van der Waals surface area (Å²) in [5, 5.41) is 18.7. The number of aryl methyl sites for hydroxylation is 1. The van der Waals surface area contributed by atoms with Crippen LogP contribution in [0.2, 0.25) is 0 Å². The summed E-state index contributed by atoms with van der Waals surface area (Å²) >= 11 is 0. The summed E-state index contributed by atoms with van der Waals surface area (Å²) in [6.45, 7) is 5.73. The molecule has 0 atom stereocenters. The van der Waals surface area contributed by atoms with Crippen LogP contribution in [0.3, 0.4) is 0 Å². The van der Waals surface area contributed by atoms with E-state index in [1.807, 2.05) is 0 Å². The normalized spacial score (nSPS) is 10.0. The maximum atomic E-state index is 12.1. The van der Waals surface area contributed by atoms with Crippen LogP contribution in [0.25, 0.3) is 0 Å². The Morgan fingerprint density at radius 3 is 2.82 bits per heavy atom. The molecule has 0 aromatic heterocycles. The molecule has 0 saturated heterocycles. The van der Waals surface area contributed by atoms with E-state index in [1.54, 1.807) is 31.2 Å². The second-order valence-electron chi connectivity index (χ2n) is 3.73. The number of aliphatic hydroxyl groups excluding tert-OH is 1. The van der Waals surface area contributed by atoms with Crippen molar-refractivity contribution in [1.82, 2.24) is 4.90 Å². The quantitative estimate of drug-likeness (QED) is 0.757. The number of carbonyl (C=O) groups is 1. The molecule has 1 amide bonds. The average molecular weight is 235 g/mol. The third-order valence-corrected chi connectivity index (χ3v) is 2.47. The molecule has 0 unspecified atom stereocenters. The van der Waals surface area contributed by atoms with Crippen molar-refractivity contribution in [3.05, 3.63) is 42.0 Å². The van der Waals surface area contributed by atoms with Crippen LogP contribution in [-0.2, 0) is 0 Å². The molecule has 0 fully saturated rings. The fraction of sp³-hybridized carbons (Fsp3) is 0.308. The molecule has 1 rings (SSSR count). The number of hydrogen-bond acceptors (Lipinski definition) is 3. The Labute approximate surface area is 101 Å². The van der Waals surface area contributed by atoms with Crippen LogP contribution in [0.4, 0.5) is 0 Å². The van der Waals surface area contributed by atoms with Crippen molar-refractivity contribution in [1.29, 1.82) is 0 Å². The zero-order chi connectivity index (χ0) is 12.8. The molecule has 0 aliphatic rings. The summed E-state index contributed by atoms with van der Waals surface area (Å²) in [4.78, 5) is 13.5. The van der Waals surface area contributed by atoms with Gasteiger partial charge >= 0.3 is 0 Å². The number of hydrogen-bond donors (Lipinski definition) is 2. The first-order chi connectivity index (χ1) is 8.11. The van der Waals surface area contributed by atoms with Gasteiger partial charge in [0.25, 0.3) is 5.91 Å². The largest absolute Gasteiger partial charge is 0.507 e. The summed E-state index contributed by atoms with van der Waals surface area (Å²) in [6, 6.07) is 5.02. The Morgan fingerprint density at radius 2 is 2.24 bits per heavy atom. The molecule has 0 aliphatic heterocycles. The van der Waals surface area contributed by atoms with E-state index in [9.17, 15) is 9.90 Å². The molecule has 0 heterocycles. The van der Waals surface area contributed by atoms with E-state index in [-0.39, 0.29) is 30.4 Å². The van der Waals surface area contributed by atoms with Crippen molar-refractivity contribution >= 4 is 5.91 Å². The summed E-state index contributed by atoms with van der Waals surface area (Å²) in [5.74, 6) is -0.315. The lowest BCUT2D eigenvalue weighted by atomic mass is 10.1. The third kappa shape index (κ3) is 3.07. The summed E-state index contributed by atoms with van der Waals surface area (Å²) < 4.78 is 0. The molecule has 2 N–H and O–H groups in total. The van der Waals surface area contributed by atoms with Gasteiger partial charge in [0.05, 0.1) is 12.2 Å². The molecule has 0 bridgehead atoms. The van der Waals surface area contributed by atoms with Gasteiger partial charge in [0.2, 0.25) is 0 Å². The Balaban J connectivity index is 3.00. The Morgan fingerprint density at radius 1 is 1.53 bits per heavy atom. The van der Waals surface area contributed by atoms with Crippen LogP contribution in [0, 0.1) is 6.92 Å². The van der Waals surface area contributed by atoms with E-state index in [1.165, 1.54) is 4.90 Å². The number of phenolic OH excluding ortho intramolecular Hbond substituents is 1. The molecule has 0 saturated carbocycles. The van der Waals surface area contributed by atoms with Gasteiger partial charge in [-0.1, -0.05) is 18.2 Å². The smallest absolute Gasteiger partial charge is 0.257 e. The van der Waals surface area contributed by atoms with E-state index >= 15 is 0 Å². The minimum absolute atomic E-state index is 0.00972. The predicted octanol–water partition coefficient (Wildman–Crippen LogP) is 1.32. The minimum Gasteiger partial charge on any atom is -0.507 e. The highest BCUT2D eigenvalue weighted by atomic mass is 16.3. The van der Waals surface area contributed by atoms with Gasteiger partial charge in [-0.15, -0.1) is 6.58 Å². The zero-order valence-corrected chi connectivity index (χ0v) is 9.89. The Hall–Kier alpha value is -1.81. The second-order valence-corrected chi connectivity index (χ2v) is 3.73. The fourth-order valence-corrected chi connectivity index (χ4v) is 1.55. The number of benzene rings is 1. The number of aliphatic hydroxyl groups is 1. The van der Waals surface area contributed by atoms with Gasteiger partial charge in [0.1, 0.15) is 5.75 Å². The number of aromatic hydroxyl groups is 1. The SMILES string of the molecule is C=CCN(CCO)C(=O)c1cccc(C)c1O. The topological polar surface area (TPSA) is 60.8 Å². The van der Waals surface area contributed by atoms with E-state index in [2.05, 4.69) is 6.58 Å². The standard InChI is InChI=1S/C13H17NO3/c1-3-7-14(8-9-15)13(17)11-6-4-5-10(2)12(11)16/h3-6,15-16H,1,7-9H2,2H3. The number of amides is 1. The molecule has 1 aromatic rings. The second kappa shape index (κ2) is 6.06. The molecule has 4 heteroatoms. The van der Waals surface area contributed by atoms with E-state index in [4.69, 9.17) is 5.11 Å². The Bertz CT molecular complexity index is 415. The number of phenols is 1. The van der Waals surface area contributed by atoms with Gasteiger partial charge < -0.3 is 15.1 Å². The summed E-state index contributed by atoms with van der Waals surface area (Å²) in [7, 11) is 0. The number of nitrogens with zero attached hydrogens (tertiary/aromatic N) is 1. The van der Waals surface area contributed by atoms with Crippen LogP contribution in [0.1, 0.15) is 15.9 Å². The lowest BCUT2D eigenvalue weighted by Gasteiger charge is -2.20. The fourth-order valence-electron chi connectivity index (χ4n) is 1.55. The van der Waals surface area contributed by atoms with Crippen molar-refractivity contribution in [2.24, 2.45) is 0 Å². The van der Waals surface area contributed by atoms with Crippen molar-refractivity contribution in [2.45, 2.75) is 6.92 Å². The molecule has 1 aromatic carbocycles. The first-order valence-corrected chi connectivity index (χ1v) is 5.41. The van der Waals surface area contributed by atoms with E-state index in [0.717, 1.165) is 0 Å². The molecule has 17 heavy (non-hydrogen) atoms. The van der Waals surface area contributed by atoms with E-state index in [0.29, 0.717) is 12.1 Å². The van der Waals surface area contributed by atoms with Crippen LogP contribution in [0.5, 0.6) is 5.75 Å². The first-order valence-electron chi connectivity index (χ1n) is 5.41. The lowest BCUT2D eigenvalue weighted by Crippen LogP contribution is -2.33. The van der Waals surface area contributed by atoms with Crippen LogP contribution in [0.15, 0.2) is 30.9 Å². The van der Waals surface area contributed by atoms with Gasteiger partial charge in [0.15, 0.2) is 0 Å². The van der Waals surface area contributed by atoms with Crippen molar-refractivity contribution in [3.8, 4) is 5.75 Å². The maximum absolute atomic E-state index is 12.1. The van der Waals surface area contributed by atoms with Crippen molar-refractivity contribution < 1.29 is 15.0 Å². The number of para-hydroxylation sites is 1. The molecule has 0 aliphatic carbocycles. The molecule has 92 valence electrons. The van der Waals surface area contributed by atoms with Crippen LogP contribution < -0.4 is 0 Å². The molecule has 4 nitrogen and oxygen atoms in total. The van der Waals surface area contributed by atoms with Crippen LogP contribution in [-0.4, -0.2) is 40.7 Å². The number of carbonyl (C=O) groups excluding carboxylic acids is 1. The summed E-state index contributed by atoms with van der Waals surface area (Å²) in [6.07, 6.45) is 1.58. The highest BCUT2D eigenvalue weighted by molar-refractivity contribution is 5.97. The molecular formula is C13H17NO3. The van der Waals surface area contributed by atoms with Gasteiger partial charge in [-0.2, -0.15) is 0 Å². The lowest BCUT2D eigenvalue weighted by molar-refractivity contribution is 0.0739. The highest BCUT2D eigenvalue weighted by Gasteiger charge is 2.18. The van der Waals surface area contributed by atoms with Crippen LogP contribution >= 0.6 is 0 Å². The predicted molar refractivity (Wildman–Crippen MR) is 66.0 cm³/mol. The zero-order valence-electron chi connectivity index (χ0n) is 9.89. The monoisotopic (exact) mass is 235 g/mol. The van der Waals surface area contributed by atoms with E-state index < -0.39 is 0 Å². The molecular weight excluding hydrogens is 218 g/mol. The molecule has 0 radical (unpaired) electrons. The summed E-state index contributed by atoms with van der Waals surface area (Å²) in [5.41, 5.74) is 0.902. The Kier molecular flexibility index (Phi) is 4.72. The maximum Gasteiger partial charge on any atom is 0.257 e. The van der Waals surface area contributed by atoms with Crippen molar-refractivity contribution in [2.75, 3.05) is 19.7 Å². The van der Waals surface area contributed by atoms with Crippen molar-refractivity contribution in [3.63, 3.8) is 0 Å². The first kappa shape index (κ1) is 13.3. The van der Waals surface area contributed by atoms with Gasteiger partial charge in [-0.05, 0) is 18.6 Å². The average Bonchev–Trinajstić information content (AvgIpc) is 2.31. The third-order valence-electron chi connectivity index (χ3n) is 2.47. The van der Waals surface area contributed by atoms with Gasteiger partial charge in [-0.3, -0.25) is 4.79 Å².